The first-order valence-corrected chi connectivity index (χ1v) is 8.02. The summed E-state index contributed by atoms with van der Waals surface area (Å²) in [6.45, 7) is -0.157. The van der Waals surface area contributed by atoms with Gasteiger partial charge < -0.3 is 14.9 Å². The molecule has 0 aliphatic rings. The molecule has 0 unspecified atom stereocenters. The van der Waals surface area contributed by atoms with E-state index in [-0.39, 0.29) is 5.75 Å². The third-order valence-electron chi connectivity index (χ3n) is 3.05. The van der Waals surface area contributed by atoms with Crippen molar-refractivity contribution in [1.29, 1.82) is 0 Å². The van der Waals surface area contributed by atoms with Gasteiger partial charge in [0.25, 0.3) is 5.91 Å². The number of aliphatic hydroxyl groups excluding tert-OH is 2. The van der Waals surface area contributed by atoms with E-state index < -0.39 is 51.6 Å². The van der Waals surface area contributed by atoms with Crippen molar-refractivity contribution < 1.29 is 46.1 Å². The fraction of sp³-hybridized carbons (Fsp3) is 0.385. The number of ether oxygens (including phenoxy) is 1. The largest absolute Gasteiger partial charge is 0.516 e. The molecule has 0 saturated carbocycles. The highest BCUT2D eigenvalue weighted by molar-refractivity contribution is 7.90. The van der Waals surface area contributed by atoms with E-state index in [1.807, 2.05) is 0 Å². The summed E-state index contributed by atoms with van der Waals surface area (Å²) in [5, 5.41) is 18.1. The van der Waals surface area contributed by atoms with Crippen LogP contribution in [0.5, 0.6) is 5.75 Å². The summed E-state index contributed by atoms with van der Waals surface area (Å²) in [6.07, 6.45) is 0. The van der Waals surface area contributed by atoms with Gasteiger partial charge in [0.2, 0.25) is 0 Å². The molecule has 8 nitrogen and oxygen atoms in total. The lowest BCUT2D eigenvalue weighted by atomic mass is 9.93. The van der Waals surface area contributed by atoms with Gasteiger partial charge in [0.15, 0.2) is 0 Å². The number of sulfonamides is 1. The highest BCUT2D eigenvalue weighted by atomic mass is 32.2. The summed E-state index contributed by atoms with van der Waals surface area (Å²) >= 11 is 0. The van der Waals surface area contributed by atoms with Crippen LogP contribution in [-0.2, 0) is 14.8 Å². The molecule has 0 heterocycles. The Bertz CT molecular complexity index is 740. The molecule has 0 radical (unpaired) electrons. The molecule has 0 aromatic heterocycles. The second kappa shape index (κ2) is 7.37. The first-order valence-electron chi connectivity index (χ1n) is 6.54. The highest BCUT2D eigenvalue weighted by Crippen LogP contribution is 2.23. The molecule has 0 spiro atoms. The van der Waals surface area contributed by atoms with Crippen molar-refractivity contribution in [1.82, 2.24) is 4.72 Å². The van der Waals surface area contributed by atoms with E-state index in [1.165, 1.54) is 6.92 Å². The number of hydrogen-bond donors (Lipinski definition) is 3. The quantitative estimate of drug-likeness (QED) is 0.470. The Balaban J connectivity index is 2.87. The molecule has 0 aliphatic heterocycles. The van der Waals surface area contributed by atoms with Crippen LogP contribution < -0.4 is 9.46 Å². The van der Waals surface area contributed by atoms with Crippen molar-refractivity contribution in [3.8, 4) is 5.75 Å². The van der Waals surface area contributed by atoms with Crippen molar-refractivity contribution in [3.05, 3.63) is 29.8 Å². The Kier molecular flexibility index (Phi) is 6.15. The minimum Gasteiger partial charge on any atom is -0.426 e. The summed E-state index contributed by atoms with van der Waals surface area (Å²) in [7, 11) is -5.84. The van der Waals surface area contributed by atoms with E-state index in [0.29, 0.717) is 0 Å². The minimum atomic E-state index is -5.84. The number of amides is 1. The van der Waals surface area contributed by atoms with Crippen LogP contribution in [0.25, 0.3) is 0 Å². The lowest BCUT2D eigenvalue weighted by molar-refractivity contribution is -0.149. The summed E-state index contributed by atoms with van der Waals surface area (Å²) in [6, 6.07) is 3.92. The van der Waals surface area contributed by atoms with E-state index in [9.17, 15) is 31.2 Å². The topological polar surface area (TPSA) is 130 Å². The molecular weight excluding hydrogens is 371 g/mol. The molecule has 0 saturated heterocycles. The third-order valence-corrected chi connectivity index (χ3v) is 4.11. The number of nitrogens with one attached hydrogen (secondary N) is 1. The molecule has 0 aliphatic carbocycles. The van der Waals surface area contributed by atoms with Crippen LogP contribution in [-0.4, -0.2) is 49.2 Å². The summed E-state index contributed by atoms with van der Waals surface area (Å²) in [4.78, 5) is 23.3. The van der Waals surface area contributed by atoms with E-state index in [2.05, 4.69) is 0 Å². The molecule has 0 bridgehead atoms. The lowest BCUT2D eigenvalue weighted by Crippen LogP contribution is -2.40. The van der Waals surface area contributed by atoms with Crippen LogP contribution in [0.1, 0.15) is 17.3 Å². The maximum absolute atomic E-state index is 12.2. The Morgan fingerprint density at radius 3 is 2.00 bits per heavy atom. The zero-order chi connectivity index (χ0) is 19.5. The Hall–Kier alpha value is -2.18. The Morgan fingerprint density at radius 1 is 1.12 bits per heavy atom. The Labute approximate surface area is 140 Å². The van der Waals surface area contributed by atoms with Crippen molar-refractivity contribution in [3.63, 3.8) is 0 Å². The van der Waals surface area contributed by atoms with Gasteiger partial charge in [-0.3, -0.25) is 9.59 Å². The van der Waals surface area contributed by atoms with Crippen molar-refractivity contribution in [2.75, 3.05) is 13.2 Å². The highest BCUT2D eigenvalue weighted by Gasteiger charge is 2.47. The lowest BCUT2D eigenvalue weighted by Gasteiger charge is -2.21. The van der Waals surface area contributed by atoms with Crippen molar-refractivity contribution in [2.24, 2.45) is 5.41 Å². The van der Waals surface area contributed by atoms with Crippen LogP contribution in [0.3, 0.4) is 0 Å². The first kappa shape index (κ1) is 20.9. The van der Waals surface area contributed by atoms with Crippen LogP contribution in [0, 0.1) is 5.41 Å². The number of carbonyl (C=O) groups excluding carboxylic acids is 2. The number of alkyl halides is 3. The van der Waals surface area contributed by atoms with Gasteiger partial charge in [-0.15, -0.1) is 0 Å². The smallest absolute Gasteiger partial charge is 0.426 e. The van der Waals surface area contributed by atoms with Crippen LogP contribution in [0.15, 0.2) is 24.3 Å². The maximum atomic E-state index is 12.2. The molecule has 1 aromatic rings. The molecule has 1 rings (SSSR count). The molecule has 25 heavy (non-hydrogen) atoms. The summed E-state index contributed by atoms with van der Waals surface area (Å²) in [5.74, 6) is -2.63. The number of hydrogen-bond acceptors (Lipinski definition) is 7. The van der Waals surface area contributed by atoms with E-state index in [4.69, 9.17) is 14.9 Å². The van der Waals surface area contributed by atoms with Crippen molar-refractivity contribution >= 4 is 21.9 Å². The van der Waals surface area contributed by atoms with Gasteiger partial charge in [-0.1, -0.05) is 0 Å². The molecular formula is C13H14F3NO7S. The SMILES string of the molecule is CC(CO)(CO)C(=O)Oc1ccc(C(=O)NS(=O)(=O)C(F)(F)F)cc1. The number of aliphatic hydroxyl groups is 2. The first-order chi connectivity index (χ1) is 11.4. The molecule has 1 amide bonds. The van der Waals surface area contributed by atoms with Gasteiger partial charge in [0.05, 0.1) is 13.2 Å². The van der Waals surface area contributed by atoms with Gasteiger partial charge in [-0.2, -0.15) is 21.6 Å². The average Bonchev–Trinajstić information content (AvgIpc) is 2.53. The zero-order valence-electron chi connectivity index (χ0n) is 12.7. The molecule has 1 aromatic carbocycles. The fourth-order valence-electron chi connectivity index (χ4n) is 1.32. The molecule has 0 fully saturated rings. The van der Waals surface area contributed by atoms with Gasteiger partial charge >= 0.3 is 21.5 Å². The predicted octanol–water partition coefficient (Wildman–Crippen LogP) is 0.162. The molecule has 0 atom stereocenters. The number of benzene rings is 1. The van der Waals surface area contributed by atoms with E-state index >= 15 is 0 Å². The van der Waals surface area contributed by atoms with Gasteiger partial charge in [-0.05, 0) is 31.2 Å². The second-order valence-electron chi connectivity index (χ2n) is 5.17. The molecule has 12 heteroatoms. The Morgan fingerprint density at radius 2 is 1.60 bits per heavy atom. The third kappa shape index (κ3) is 4.90. The van der Waals surface area contributed by atoms with Crippen LogP contribution in [0.2, 0.25) is 0 Å². The van der Waals surface area contributed by atoms with Gasteiger partial charge in [-0.25, -0.2) is 4.72 Å². The summed E-state index contributed by atoms with van der Waals surface area (Å²) in [5.41, 5.74) is -7.65. The number of rotatable bonds is 6. The maximum Gasteiger partial charge on any atom is 0.516 e. The zero-order valence-corrected chi connectivity index (χ0v) is 13.5. The normalized spacial score (nSPS) is 12.6. The predicted molar refractivity (Wildman–Crippen MR) is 76.8 cm³/mol. The average molecular weight is 385 g/mol. The van der Waals surface area contributed by atoms with Crippen LogP contribution >= 0.6 is 0 Å². The van der Waals surface area contributed by atoms with Crippen LogP contribution in [0.4, 0.5) is 13.2 Å². The molecule has 140 valence electrons. The van der Waals surface area contributed by atoms with E-state index in [1.54, 1.807) is 0 Å². The van der Waals surface area contributed by atoms with Gasteiger partial charge in [0, 0.05) is 5.56 Å². The standard InChI is InChI=1S/C13H14F3NO7S/c1-12(6-18,7-19)11(21)24-9-4-2-8(3-5-9)10(20)17-25(22,23)13(14,15)16/h2-5,18-19H,6-7H2,1H3,(H,17,20). The van der Waals surface area contributed by atoms with Gasteiger partial charge in [0.1, 0.15) is 11.2 Å². The second-order valence-corrected chi connectivity index (χ2v) is 6.85. The minimum absolute atomic E-state index is 0.131. The monoisotopic (exact) mass is 385 g/mol. The fourth-order valence-corrected chi connectivity index (χ4v) is 1.80. The number of esters is 1. The summed E-state index contributed by atoms with van der Waals surface area (Å²) < 4.78 is 64.0. The number of carbonyl (C=O) groups is 2. The number of halogens is 3. The molecule has 3 N–H and O–H groups in total. The van der Waals surface area contributed by atoms with E-state index in [0.717, 1.165) is 29.0 Å². The van der Waals surface area contributed by atoms with Crippen molar-refractivity contribution in [2.45, 2.75) is 12.4 Å².